The molecule has 1 fully saturated rings. The highest BCUT2D eigenvalue weighted by atomic mass is 16.4. The lowest BCUT2D eigenvalue weighted by Crippen LogP contribution is -2.04. The fraction of sp³-hybridized carbons (Fsp3) is 0.867. The van der Waals surface area contributed by atoms with Crippen LogP contribution in [0.3, 0.4) is 0 Å². The molecule has 0 aromatic carbocycles. The zero-order valence-electron chi connectivity index (χ0n) is 11.8. The van der Waals surface area contributed by atoms with Crippen LogP contribution in [0.1, 0.15) is 95.3 Å². The molecule has 0 atom stereocenters. The summed E-state index contributed by atoms with van der Waals surface area (Å²) < 4.78 is 5.97. The maximum Gasteiger partial charge on any atom is 0.219 e. The molecule has 3 nitrogen and oxygen atoms in total. The molecule has 2 rings (SSSR count). The quantitative estimate of drug-likeness (QED) is 0.728. The van der Waals surface area contributed by atoms with E-state index in [1.807, 2.05) is 0 Å². The summed E-state index contributed by atoms with van der Waals surface area (Å²) in [6, 6.07) is 0. The molecule has 18 heavy (non-hydrogen) atoms. The van der Waals surface area contributed by atoms with E-state index in [1.54, 1.807) is 0 Å². The van der Waals surface area contributed by atoms with Gasteiger partial charge in [-0.1, -0.05) is 46.0 Å². The second-order valence-corrected chi connectivity index (χ2v) is 5.59. The maximum absolute atomic E-state index is 5.97. The van der Waals surface area contributed by atoms with Gasteiger partial charge in [0, 0.05) is 11.8 Å². The van der Waals surface area contributed by atoms with Crippen molar-refractivity contribution in [2.45, 2.75) is 83.5 Å². The lowest BCUT2D eigenvalue weighted by Gasteiger charge is -2.17. The van der Waals surface area contributed by atoms with Gasteiger partial charge in [-0.3, -0.25) is 0 Å². The summed E-state index contributed by atoms with van der Waals surface area (Å²) in [5.41, 5.74) is 0. The van der Waals surface area contributed by atoms with Gasteiger partial charge >= 0.3 is 0 Å². The van der Waals surface area contributed by atoms with E-state index >= 15 is 0 Å². The third-order valence-electron chi connectivity index (χ3n) is 4.03. The van der Waals surface area contributed by atoms with E-state index in [2.05, 4.69) is 24.0 Å². The molecule has 1 heterocycles. The molecule has 1 saturated carbocycles. The molecule has 1 aromatic rings. The molecule has 102 valence electrons. The van der Waals surface area contributed by atoms with E-state index in [1.165, 1.54) is 57.8 Å². The van der Waals surface area contributed by atoms with Gasteiger partial charge in [-0.25, -0.2) is 0 Å². The predicted molar refractivity (Wildman–Crippen MR) is 72.7 cm³/mol. The monoisotopic (exact) mass is 250 g/mol. The van der Waals surface area contributed by atoms with Crippen LogP contribution in [0.2, 0.25) is 0 Å². The largest absolute Gasteiger partial charge is 0.425 e. The zero-order chi connectivity index (χ0) is 12.8. The highest BCUT2D eigenvalue weighted by Crippen LogP contribution is 2.33. The number of rotatable bonds is 6. The first-order valence-electron chi connectivity index (χ1n) is 7.68. The second-order valence-electron chi connectivity index (χ2n) is 5.59. The second kappa shape index (κ2) is 6.91. The lowest BCUT2D eigenvalue weighted by molar-refractivity contribution is 0.333. The van der Waals surface area contributed by atoms with Crippen molar-refractivity contribution in [3.8, 4) is 0 Å². The molecule has 3 heteroatoms. The Kier molecular flexibility index (Phi) is 5.21. The van der Waals surface area contributed by atoms with Crippen LogP contribution in [0.25, 0.3) is 0 Å². The van der Waals surface area contributed by atoms with E-state index < -0.39 is 0 Å². The summed E-state index contributed by atoms with van der Waals surface area (Å²) in [5.74, 6) is 2.80. The Morgan fingerprint density at radius 3 is 2.33 bits per heavy atom. The van der Waals surface area contributed by atoms with Crippen molar-refractivity contribution in [1.82, 2.24) is 10.2 Å². The summed E-state index contributed by atoms with van der Waals surface area (Å²) >= 11 is 0. The smallest absolute Gasteiger partial charge is 0.219 e. The molecule has 0 unspecified atom stereocenters. The van der Waals surface area contributed by atoms with Crippen LogP contribution in [0.5, 0.6) is 0 Å². The van der Waals surface area contributed by atoms with Crippen LogP contribution in [0.15, 0.2) is 4.42 Å². The first kappa shape index (κ1) is 13.6. The average molecular weight is 250 g/mol. The third kappa shape index (κ3) is 3.33. The summed E-state index contributed by atoms with van der Waals surface area (Å²) in [4.78, 5) is 0. The number of aromatic nitrogens is 2. The minimum atomic E-state index is 0.477. The van der Waals surface area contributed by atoms with Crippen LogP contribution in [0.4, 0.5) is 0 Å². The fourth-order valence-corrected chi connectivity index (χ4v) is 3.01. The number of nitrogens with zero attached hydrogens (tertiary/aromatic N) is 2. The molecule has 1 aliphatic carbocycles. The highest BCUT2D eigenvalue weighted by molar-refractivity contribution is 4.96. The molecule has 0 N–H and O–H groups in total. The molecular formula is C15H26N2O. The fourth-order valence-electron chi connectivity index (χ4n) is 3.01. The first-order valence-corrected chi connectivity index (χ1v) is 7.68. The highest BCUT2D eigenvalue weighted by Gasteiger charge is 2.23. The van der Waals surface area contributed by atoms with Crippen molar-refractivity contribution in [1.29, 1.82) is 0 Å². The van der Waals surface area contributed by atoms with Gasteiger partial charge in [-0.2, -0.15) is 0 Å². The molecule has 0 bridgehead atoms. The maximum atomic E-state index is 5.97. The average Bonchev–Trinajstić information content (AvgIpc) is 2.89. The minimum Gasteiger partial charge on any atom is -0.425 e. The zero-order valence-corrected chi connectivity index (χ0v) is 11.8. The summed E-state index contributed by atoms with van der Waals surface area (Å²) in [6.45, 7) is 4.45. The molecule has 0 amide bonds. The standard InChI is InChI=1S/C15H26N2O/c1-3-8-12(9-4-2)14-16-17-15(18-14)13-10-6-5-7-11-13/h12-13H,3-11H2,1-2H3. The van der Waals surface area contributed by atoms with Gasteiger partial charge in [0.2, 0.25) is 11.8 Å². The van der Waals surface area contributed by atoms with Gasteiger partial charge in [0.15, 0.2) is 0 Å². The summed E-state index contributed by atoms with van der Waals surface area (Å²) in [6.07, 6.45) is 11.2. The molecular weight excluding hydrogens is 224 g/mol. The van der Waals surface area contributed by atoms with Gasteiger partial charge in [0.05, 0.1) is 0 Å². The van der Waals surface area contributed by atoms with Crippen LogP contribution in [0, 0.1) is 0 Å². The molecule has 1 aliphatic rings. The van der Waals surface area contributed by atoms with Gasteiger partial charge in [-0.05, 0) is 25.7 Å². The van der Waals surface area contributed by atoms with Crippen molar-refractivity contribution >= 4 is 0 Å². The van der Waals surface area contributed by atoms with Gasteiger partial charge < -0.3 is 4.42 Å². The van der Waals surface area contributed by atoms with Crippen LogP contribution >= 0.6 is 0 Å². The van der Waals surface area contributed by atoms with E-state index in [9.17, 15) is 0 Å². The molecule has 0 saturated heterocycles. The van der Waals surface area contributed by atoms with Crippen molar-refractivity contribution in [2.75, 3.05) is 0 Å². The summed E-state index contributed by atoms with van der Waals surface area (Å²) in [5, 5.41) is 8.62. The van der Waals surface area contributed by atoms with Crippen molar-refractivity contribution in [3.63, 3.8) is 0 Å². The van der Waals surface area contributed by atoms with E-state index in [0.717, 1.165) is 11.8 Å². The van der Waals surface area contributed by atoms with E-state index in [4.69, 9.17) is 4.42 Å². The Labute approximate surface area is 110 Å². The van der Waals surface area contributed by atoms with Gasteiger partial charge in [-0.15, -0.1) is 10.2 Å². The van der Waals surface area contributed by atoms with Crippen LogP contribution in [-0.2, 0) is 0 Å². The summed E-state index contributed by atoms with van der Waals surface area (Å²) in [7, 11) is 0. The molecule has 0 aliphatic heterocycles. The Balaban J connectivity index is 2.02. The molecule has 0 spiro atoms. The molecule has 1 aromatic heterocycles. The van der Waals surface area contributed by atoms with Crippen molar-refractivity contribution < 1.29 is 4.42 Å². The van der Waals surface area contributed by atoms with Gasteiger partial charge in [0.25, 0.3) is 0 Å². The van der Waals surface area contributed by atoms with E-state index in [-0.39, 0.29) is 0 Å². The Morgan fingerprint density at radius 1 is 1.06 bits per heavy atom. The number of hydrogen-bond acceptors (Lipinski definition) is 3. The van der Waals surface area contributed by atoms with Crippen molar-refractivity contribution in [2.24, 2.45) is 0 Å². The molecule has 0 radical (unpaired) electrons. The van der Waals surface area contributed by atoms with Gasteiger partial charge in [0.1, 0.15) is 0 Å². The lowest BCUT2D eigenvalue weighted by atomic mass is 9.89. The van der Waals surface area contributed by atoms with Crippen LogP contribution < -0.4 is 0 Å². The topological polar surface area (TPSA) is 38.9 Å². The predicted octanol–water partition coefficient (Wildman–Crippen LogP) is 4.80. The first-order chi connectivity index (χ1) is 8.85. The Hall–Kier alpha value is -0.860. The van der Waals surface area contributed by atoms with Crippen molar-refractivity contribution in [3.05, 3.63) is 11.8 Å². The minimum absolute atomic E-state index is 0.477. The number of hydrogen-bond donors (Lipinski definition) is 0. The third-order valence-corrected chi connectivity index (χ3v) is 4.03. The normalized spacial score (nSPS) is 17.5. The van der Waals surface area contributed by atoms with E-state index in [0.29, 0.717) is 11.8 Å². The Morgan fingerprint density at radius 2 is 1.72 bits per heavy atom. The van der Waals surface area contributed by atoms with Crippen LogP contribution in [-0.4, -0.2) is 10.2 Å². The Bertz CT molecular complexity index is 336. The SMILES string of the molecule is CCCC(CCC)c1nnc(C2CCCCC2)o1.